The van der Waals surface area contributed by atoms with Gasteiger partial charge in [0.2, 0.25) is 0 Å². The molecule has 1 fully saturated rings. The first-order valence-corrected chi connectivity index (χ1v) is 6.69. The molecular formula is C12H20N2OS. The minimum absolute atomic E-state index is 0.0639. The number of nitrogens with one attached hydrogen (secondary N) is 1. The minimum Gasteiger partial charge on any atom is -0.377 e. The number of aryl methyl sites for hydroxylation is 1. The van der Waals surface area contributed by atoms with Crippen LogP contribution in [0.25, 0.3) is 0 Å². The smallest absolute Gasteiger partial charge is 0.112 e. The molecule has 1 aliphatic heterocycles. The zero-order valence-corrected chi connectivity index (χ0v) is 11.2. The fourth-order valence-electron chi connectivity index (χ4n) is 2.09. The van der Waals surface area contributed by atoms with Crippen LogP contribution in [0.4, 0.5) is 0 Å². The van der Waals surface area contributed by atoms with Crippen LogP contribution in [-0.4, -0.2) is 23.7 Å². The van der Waals surface area contributed by atoms with E-state index in [-0.39, 0.29) is 5.54 Å². The van der Waals surface area contributed by atoms with Crippen molar-refractivity contribution in [2.45, 2.75) is 51.8 Å². The maximum atomic E-state index is 5.57. The number of ether oxygens (including phenoxy) is 1. The van der Waals surface area contributed by atoms with E-state index in [0.29, 0.717) is 12.1 Å². The number of rotatable bonds is 3. The van der Waals surface area contributed by atoms with Crippen LogP contribution in [0.3, 0.4) is 0 Å². The van der Waals surface area contributed by atoms with Gasteiger partial charge in [-0.15, -0.1) is 11.3 Å². The molecule has 2 unspecified atom stereocenters. The zero-order valence-electron chi connectivity index (χ0n) is 10.4. The highest BCUT2D eigenvalue weighted by molar-refractivity contribution is 7.09. The van der Waals surface area contributed by atoms with Crippen molar-refractivity contribution in [1.82, 2.24) is 10.3 Å². The largest absolute Gasteiger partial charge is 0.377 e. The average molecular weight is 240 g/mol. The van der Waals surface area contributed by atoms with Gasteiger partial charge in [-0.05, 0) is 34.1 Å². The first kappa shape index (κ1) is 12.0. The highest BCUT2D eigenvalue weighted by atomic mass is 32.1. The second-order valence-corrected chi connectivity index (χ2v) is 5.89. The van der Waals surface area contributed by atoms with E-state index in [2.05, 4.69) is 36.5 Å². The summed E-state index contributed by atoms with van der Waals surface area (Å²) in [6, 6.07) is 0.444. The van der Waals surface area contributed by atoms with Gasteiger partial charge in [-0.25, -0.2) is 4.98 Å². The van der Waals surface area contributed by atoms with Gasteiger partial charge in [0.05, 0.1) is 11.6 Å². The topological polar surface area (TPSA) is 34.1 Å². The Morgan fingerprint density at radius 2 is 2.31 bits per heavy atom. The number of hydrogen-bond donors (Lipinski definition) is 1. The molecule has 16 heavy (non-hydrogen) atoms. The number of nitrogens with zero attached hydrogens (tertiary/aromatic N) is 1. The van der Waals surface area contributed by atoms with Gasteiger partial charge in [0.15, 0.2) is 0 Å². The molecular weight excluding hydrogens is 220 g/mol. The van der Waals surface area contributed by atoms with Crippen molar-refractivity contribution < 1.29 is 4.74 Å². The van der Waals surface area contributed by atoms with Gasteiger partial charge < -0.3 is 10.1 Å². The van der Waals surface area contributed by atoms with Crippen molar-refractivity contribution in [2.75, 3.05) is 6.61 Å². The van der Waals surface area contributed by atoms with Gasteiger partial charge in [-0.2, -0.15) is 0 Å². The van der Waals surface area contributed by atoms with Crippen LogP contribution in [0, 0.1) is 6.92 Å². The zero-order chi connectivity index (χ0) is 11.8. The number of hydrogen-bond acceptors (Lipinski definition) is 4. The summed E-state index contributed by atoms with van der Waals surface area (Å²) in [5.41, 5.74) is 1.04. The van der Waals surface area contributed by atoms with Crippen LogP contribution < -0.4 is 5.32 Å². The summed E-state index contributed by atoms with van der Waals surface area (Å²) < 4.78 is 5.57. The molecule has 0 spiro atoms. The molecule has 2 rings (SSSR count). The molecule has 0 saturated carbocycles. The Kier molecular flexibility index (Phi) is 3.33. The van der Waals surface area contributed by atoms with Gasteiger partial charge in [0, 0.05) is 23.7 Å². The molecule has 1 aliphatic rings. The number of aromatic nitrogens is 1. The molecule has 1 aromatic rings. The summed E-state index contributed by atoms with van der Waals surface area (Å²) in [6.07, 6.45) is 1.40. The number of thiazole rings is 1. The van der Waals surface area contributed by atoms with Gasteiger partial charge in [-0.1, -0.05) is 0 Å². The lowest BCUT2D eigenvalue weighted by Crippen LogP contribution is -2.46. The van der Waals surface area contributed by atoms with Gasteiger partial charge in [0.1, 0.15) is 5.01 Å². The highest BCUT2D eigenvalue weighted by Gasteiger charge is 2.32. The predicted octanol–water partition coefficient (Wildman–Crippen LogP) is 2.45. The van der Waals surface area contributed by atoms with Crippen LogP contribution in [0.2, 0.25) is 0 Å². The normalized spacial score (nSPS) is 26.2. The predicted molar refractivity (Wildman–Crippen MR) is 66.8 cm³/mol. The van der Waals surface area contributed by atoms with Crippen LogP contribution in [-0.2, 0) is 10.3 Å². The van der Waals surface area contributed by atoms with Crippen LogP contribution in [0.1, 0.15) is 37.9 Å². The lowest BCUT2D eigenvalue weighted by atomic mass is 10.0. The molecule has 2 heterocycles. The molecule has 0 bridgehead atoms. The molecule has 1 saturated heterocycles. The third-order valence-corrected chi connectivity index (χ3v) is 4.36. The second-order valence-electron chi connectivity index (χ2n) is 5.03. The summed E-state index contributed by atoms with van der Waals surface area (Å²) >= 11 is 1.73. The third-order valence-electron chi connectivity index (χ3n) is 3.08. The Hall–Kier alpha value is -0.450. The molecule has 0 aromatic carbocycles. The molecule has 2 atom stereocenters. The van der Waals surface area contributed by atoms with Gasteiger partial charge in [-0.3, -0.25) is 0 Å². The summed E-state index contributed by atoms with van der Waals surface area (Å²) in [5.74, 6) is 0. The van der Waals surface area contributed by atoms with Crippen molar-refractivity contribution in [3.05, 3.63) is 16.1 Å². The van der Waals surface area contributed by atoms with E-state index in [1.54, 1.807) is 11.3 Å². The average Bonchev–Trinajstić information content (AvgIpc) is 2.77. The molecule has 1 aromatic heterocycles. The second kappa shape index (κ2) is 4.43. The fraction of sp³-hybridized carbons (Fsp3) is 0.750. The summed E-state index contributed by atoms with van der Waals surface area (Å²) in [4.78, 5) is 4.56. The molecule has 90 valence electrons. The maximum absolute atomic E-state index is 5.57. The van der Waals surface area contributed by atoms with E-state index < -0.39 is 0 Å². The lowest BCUT2D eigenvalue weighted by molar-refractivity contribution is 0.106. The molecule has 0 radical (unpaired) electrons. The first-order valence-electron chi connectivity index (χ1n) is 5.81. The fourth-order valence-corrected chi connectivity index (χ4v) is 2.97. The monoisotopic (exact) mass is 240 g/mol. The lowest BCUT2D eigenvalue weighted by Gasteiger charge is -2.29. The van der Waals surface area contributed by atoms with Crippen molar-refractivity contribution in [1.29, 1.82) is 0 Å². The first-order chi connectivity index (χ1) is 7.49. The quantitative estimate of drug-likeness (QED) is 0.881. The molecule has 1 N–H and O–H groups in total. The molecule has 3 nitrogen and oxygen atoms in total. The Labute approximate surface area is 101 Å². The van der Waals surface area contributed by atoms with E-state index in [0.717, 1.165) is 23.7 Å². The molecule has 0 aliphatic carbocycles. The van der Waals surface area contributed by atoms with E-state index in [9.17, 15) is 0 Å². The Morgan fingerprint density at radius 1 is 1.56 bits per heavy atom. The van der Waals surface area contributed by atoms with Crippen LogP contribution in [0.5, 0.6) is 0 Å². The summed E-state index contributed by atoms with van der Waals surface area (Å²) in [6.45, 7) is 9.42. The Balaban J connectivity index is 2.07. The molecule has 0 amide bonds. The Bertz CT molecular complexity index is 362. The summed E-state index contributed by atoms with van der Waals surface area (Å²) in [7, 11) is 0. The van der Waals surface area contributed by atoms with Crippen molar-refractivity contribution in [3.8, 4) is 0 Å². The SMILES string of the molecule is Cc1csc(C(C)(C)NC2CCOC2C)n1. The van der Waals surface area contributed by atoms with Crippen LogP contribution >= 0.6 is 11.3 Å². The van der Waals surface area contributed by atoms with E-state index in [4.69, 9.17) is 4.74 Å². The summed E-state index contributed by atoms with van der Waals surface area (Å²) in [5, 5.41) is 6.92. The third kappa shape index (κ3) is 2.44. The van der Waals surface area contributed by atoms with E-state index in [1.807, 2.05) is 6.92 Å². The Morgan fingerprint density at radius 3 is 2.81 bits per heavy atom. The van der Waals surface area contributed by atoms with Gasteiger partial charge in [0.25, 0.3) is 0 Å². The van der Waals surface area contributed by atoms with E-state index >= 15 is 0 Å². The maximum Gasteiger partial charge on any atom is 0.112 e. The van der Waals surface area contributed by atoms with Crippen molar-refractivity contribution >= 4 is 11.3 Å². The highest BCUT2D eigenvalue weighted by Crippen LogP contribution is 2.26. The van der Waals surface area contributed by atoms with Gasteiger partial charge >= 0.3 is 0 Å². The minimum atomic E-state index is -0.0639. The van der Waals surface area contributed by atoms with E-state index in [1.165, 1.54) is 0 Å². The van der Waals surface area contributed by atoms with Crippen LogP contribution in [0.15, 0.2) is 5.38 Å². The molecule has 4 heteroatoms. The van der Waals surface area contributed by atoms with Crippen molar-refractivity contribution in [3.63, 3.8) is 0 Å². The van der Waals surface area contributed by atoms with Crippen molar-refractivity contribution in [2.24, 2.45) is 0 Å². The standard InChI is InChI=1S/C12H20N2OS/c1-8-7-16-11(13-8)12(3,4)14-10-5-6-15-9(10)2/h7,9-10,14H,5-6H2,1-4H3.